The zero-order chi connectivity index (χ0) is 17.4. The number of nitrogens with zero attached hydrogens (tertiary/aromatic N) is 2. The van der Waals surface area contributed by atoms with E-state index in [-0.39, 0.29) is 17.6 Å². The summed E-state index contributed by atoms with van der Waals surface area (Å²) < 4.78 is 1.51. The van der Waals surface area contributed by atoms with Gasteiger partial charge in [-0.15, -0.1) is 0 Å². The molecule has 1 N–H and O–H groups in total. The van der Waals surface area contributed by atoms with E-state index in [9.17, 15) is 9.59 Å². The van der Waals surface area contributed by atoms with Crippen LogP contribution in [0.3, 0.4) is 0 Å². The fourth-order valence-electron chi connectivity index (χ4n) is 3.49. The number of amides is 1. The minimum absolute atomic E-state index is 0.0695. The number of rotatable bonds is 3. The van der Waals surface area contributed by atoms with Crippen molar-refractivity contribution < 1.29 is 4.79 Å². The van der Waals surface area contributed by atoms with Crippen LogP contribution in [0.2, 0.25) is 0 Å². The van der Waals surface area contributed by atoms with Crippen molar-refractivity contribution in [2.24, 2.45) is 0 Å². The van der Waals surface area contributed by atoms with Crippen LogP contribution in [0.4, 0.5) is 5.69 Å². The Morgan fingerprint density at radius 3 is 2.64 bits per heavy atom. The number of carbonyl (C=O) groups is 1. The summed E-state index contributed by atoms with van der Waals surface area (Å²) in [6, 6.07) is 17.7. The number of H-pyrrole nitrogens is 1. The molecule has 1 amide bonds. The summed E-state index contributed by atoms with van der Waals surface area (Å²) in [5, 5.41) is 0. The lowest BCUT2D eigenvalue weighted by Crippen LogP contribution is -2.38. The van der Waals surface area contributed by atoms with Gasteiger partial charge in [0.2, 0.25) is 0 Å². The van der Waals surface area contributed by atoms with Gasteiger partial charge in [-0.25, -0.2) is 4.79 Å². The van der Waals surface area contributed by atoms with Crippen LogP contribution in [0.5, 0.6) is 0 Å². The van der Waals surface area contributed by atoms with Gasteiger partial charge in [-0.3, -0.25) is 9.36 Å². The summed E-state index contributed by atoms with van der Waals surface area (Å²) in [6.45, 7) is 2.40. The van der Waals surface area contributed by atoms with Crippen LogP contribution in [-0.4, -0.2) is 21.5 Å². The first-order chi connectivity index (χ1) is 12.1. The van der Waals surface area contributed by atoms with Crippen molar-refractivity contribution >= 4 is 11.6 Å². The highest BCUT2D eigenvalue weighted by Crippen LogP contribution is 2.32. The van der Waals surface area contributed by atoms with Crippen LogP contribution < -0.4 is 10.6 Å². The highest BCUT2D eigenvalue weighted by Gasteiger charge is 2.33. The molecule has 0 saturated carbocycles. The van der Waals surface area contributed by atoms with Gasteiger partial charge in [-0.1, -0.05) is 48.5 Å². The van der Waals surface area contributed by atoms with E-state index >= 15 is 0 Å². The molecule has 0 aliphatic carbocycles. The second-order valence-corrected chi connectivity index (χ2v) is 6.41. The lowest BCUT2D eigenvalue weighted by Gasteiger charge is -2.23. The Morgan fingerprint density at radius 2 is 1.84 bits per heavy atom. The average molecular weight is 333 g/mol. The van der Waals surface area contributed by atoms with Crippen molar-refractivity contribution in [3.63, 3.8) is 0 Å². The van der Waals surface area contributed by atoms with Crippen LogP contribution in [0.25, 0.3) is 0 Å². The summed E-state index contributed by atoms with van der Waals surface area (Å²) in [4.78, 5) is 29.9. The molecule has 25 heavy (non-hydrogen) atoms. The summed E-state index contributed by atoms with van der Waals surface area (Å²) in [5.74, 6) is -0.147. The lowest BCUT2D eigenvalue weighted by molar-refractivity contribution is 0.0972. The van der Waals surface area contributed by atoms with Crippen molar-refractivity contribution in [2.45, 2.75) is 25.9 Å². The zero-order valence-electron chi connectivity index (χ0n) is 14.0. The van der Waals surface area contributed by atoms with E-state index in [0.717, 1.165) is 23.2 Å². The number of anilines is 1. The standard InChI is InChI=1S/C20H19N3O2/c1-14-11-16-9-5-6-10-17(16)23(14)19(24)18-12-21-20(25)22(18)13-15-7-3-2-4-8-15/h2-10,12,14H,11,13H2,1H3,(H,21,25). The fraction of sp³-hybridized carbons (Fsp3) is 0.200. The molecular weight excluding hydrogens is 314 g/mol. The molecule has 126 valence electrons. The Hall–Kier alpha value is -3.08. The molecule has 0 spiro atoms. The second kappa shape index (κ2) is 6.09. The van der Waals surface area contributed by atoms with Crippen molar-refractivity contribution in [1.29, 1.82) is 0 Å². The largest absolute Gasteiger partial charge is 0.326 e. The molecule has 0 bridgehead atoms. The quantitative estimate of drug-likeness (QED) is 0.801. The van der Waals surface area contributed by atoms with Gasteiger partial charge in [-0.05, 0) is 30.5 Å². The minimum Gasteiger partial charge on any atom is -0.312 e. The first kappa shape index (κ1) is 15.4. The monoisotopic (exact) mass is 333 g/mol. The minimum atomic E-state index is -0.271. The van der Waals surface area contributed by atoms with E-state index in [0.29, 0.717) is 12.2 Å². The zero-order valence-corrected chi connectivity index (χ0v) is 14.0. The van der Waals surface area contributed by atoms with Crippen molar-refractivity contribution in [2.75, 3.05) is 4.90 Å². The van der Waals surface area contributed by atoms with Gasteiger partial charge >= 0.3 is 5.69 Å². The maximum Gasteiger partial charge on any atom is 0.326 e. The molecule has 1 aromatic heterocycles. The molecule has 2 heterocycles. The van der Waals surface area contributed by atoms with Gasteiger partial charge in [-0.2, -0.15) is 0 Å². The highest BCUT2D eigenvalue weighted by molar-refractivity contribution is 6.06. The van der Waals surface area contributed by atoms with Crippen molar-refractivity contribution in [3.8, 4) is 0 Å². The topological polar surface area (TPSA) is 58.1 Å². The number of aromatic nitrogens is 2. The number of imidazole rings is 1. The molecule has 0 fully saturated rings. The number of hydrogen-bond donors (Lipinski definition) is 1. The molecule has 2 aromatic carbocycles. The van der Waals surface area contributed by atoms with Crippen LogP contribution in [-0.2, 0) is 13.0 Å². The first-order valence-corrected chi connectivity index (χ1v) is 8.39. The molecule has 0 saturated heterocycles. The normalized spacial score (nSPS) is 16.0. The summed E-state index contributed by atoms with van der Waals surface area (Å²) in [6.07, 6.45) is 2.34. The van der Waals surface area contributed by atoms with Gasteiger partial charge in [0.1, 0.15) is 5.69 Å². The molecule has 1 unspecified atom stereocenters. The van der Waals surface area contributed by atoms with E-state index < -0.39 is 0 Å². The number of nitrogens with one attached hydrogen (secondary N) is 1. The SMILES string of the molecule is CC1Cc2ccccc2N1C(=O)c1c[nH]c(=O)n1Cc1ccccc1. The Kier molecular flexibility index (Phi) is 3.76. The first-order valence-electron chi connectivity index (χ1n) is 8.39. The van der Waals surface area contributed by atoms with E-state index in [1.54, 1.807) is 4.90 Å². The summed E-state index contributed by atoms with van der Waals surface area (Å²) >= 11 is 0. The second-order valence-electron chi connectivity index (χ2n) is 6.41. The maximum absolute atomic E-state index is 13.2. The van der Waals surface area contributed by atoms with E-state index in [1.807, 2.05) is 61.5 Å². The van der Waals surface area contributed by atoms with Crippen molar-refractivity contribution in [1.82, 2.24) is 9.55 Å². The van der Waals surface area contributed by atoms with Crippen molar-refractivity contribution in [3.05, 3.63) is 88.1 Å². The Balaban J connectivity index is 1.71. The third kappa shape index (κ3) is 2.67. The fourth-order valence-corrected chi connectivity index (χ4v) is 3.49. The molecule has 5 heteroatoms. The van der Waals surface area contributed by atoms with Crippen LogP contribution >= 0.6 is 0 Å². The number of fused-ring (bicyclic) bond motifs is 1. The molecule has 3 aromatic rings. The molecule has 5 nitrogen and oxygen atoms in total. The molecule has 1 aliphatic rings. The van der Waals surface area contributed by atoms with Gasteiger partial charge < -0.3 is 9.88 Å². The van der Waals surface area contributed by atoms with Gasteiger partial charge in [0.05, 0.1) is 6.54 Å². The third-order valence-corrected chi connectivity index (χ3v) is 4.70. The predicted molar refractivity (Wildman–Crippen MR) is 97.0 cm³/mol. The van der Waals surface area contributed by atoms with Gasteiger partial charge in [0.25, 0.3) is 5.91 Å². The Bertz CT molecular complexity index is 972. The molecule has 1 aliphatic heterocycles. The number of carbonyl (C=O) groups excluding carboxylic acids is 1. The van der Waals surface area contributed by atoms with Crippen LogP contribution in [0, 0.1) is 0 Å². The van der Waals surface area contributed by atoms with Gasteiger partial charge in [0.15, 0.2) is 0 Å². The van der Waals surface area contributed by atoms with E-state index in [4.69, 9.17) is 0 Å². The smallest absolute Gasteiger partial charge is 0.312 e. The molecule has 4 rings (SSSR count). The van der Waals surface area contributed by atoms with E-state index in [2.05, 4.69) is 4.98 Å². The summed E-state index contributed by atoms with van der Waals surface area (Å²) in [7, 11) is 0. The highest BCUT2D eigenvalue weighted by atomic mass is 16.2. The lowest BCUT2D eigenvalue weighted by atomic mass is 10.1. The number of hydrogen-bond acceptors (Lipinski definition) is 2. The van der Waals surface area contributed by atoms with Crippen LogP contribution in [0.1, 0.15) is 28.5 Å². The Morgan fingerprint density at radius 1 is 1.12 bits per heavy atom. The van der Waals surface area contributed by atoms with Gasteiger partial charge in [0, 0.05) is 17.9 Å². The number of aromatic amines is 1. The third-order valence-electron chi connectivity index (χ3n) is 4.70. The number of para-hydroxylation sites is 1. The van der Waals surface area contributed by atoms with Crippen LogP contribution in [0.15, 0.2) is 65.6 Å². The number of benzene rings is 2. The average Bonchev–Trinajstić information content (AvgIpc) is 3.15. The summed E-state index contributed by atoms with van der Waals surface area (Å²) in [5.41, 5.74) is 3.19. The van der Waals surface area contributed by atoms with E-state index in [1.165, 1.54) is 10.8 Å². The molecular formula is C20H19N3O2. The molecule has 1 atom stereocenters. The predicted octanol–water partition coefficient (Wildman–Crippen LogP) is 2.82. The maximum atomic E-state index is 13.2. The molecule has 0 radical (unpaired) electrons. The Labute approximate surface area is 145 Å².